The molecule has 1 saturated carbocycles. The van der Waals surface area contributed by atoms with Crippen LogP contribution in [0.3, 0.4) is 0 Å². The molecule has 2 aromatic rings. The van der Waals surface area contributed by atoms with Gasteiger partial charge >= 0.3 is 0 Å². The lowest BCUT2D eigenvalue weighted by Crippen LogP contribution is -2.34. The molecule has 0 bridgehead atoms. The molecule has 0 radical (unpaired) electrons. The van der Waals surface area contributed by atoms with Crippen LogP contribution in [-0.4, -0.2) is 28.4 Å². The number of carbonyl (C=O) groups excluding carboxylic acids is 1. The zero-order valence-electron chi connectivity index (χ0n) is 12.2. The Balaban J connectivity index is 1.99. The fourth-order valence-electron chi connectivity index (χ4n) is 2.64. The van der Waals surface area contributed by atoms with Crippen molar-refractivity contribution in [2.24, 2.45) is 0 Å². The topological polar surface area (TPSA) is 33.2 Å². The van der Waals surface area contributed by atoms with Gasteiger partial charge in [-0.05, 0) is 31.4 Å². The molecule has 0 spiro atoms. The molecular formula is C17H19ClN2O. The number of fused-ring (bicyclic) bond motifs is 1. The van der Waals surface area contributed by atoms with Gasteiger partial charge < -0.3 is 4.90 Å². The number of benzene rings is 1. The number of nitrogens with zero attached hydrogens (tertiary/aromatic N) is 2. The number of hydrogen-bond acceptors (Lipinski definition) is 2. The third-order valence-corrected chi connectivity index (χ3v) is 4.11. The Morgan fingerprint density at radius 1 is 1.38 bits per heavy atom. The van der Waals surface area contributed by atoms with Gasteiger partial charge in [0.25, 0.3) is 5.91 Å². The normalized spacial score (nSPS) is 14.4. The van der Waals surface area contributed by atoms with Crippen LogP contribution in [0.5, 0.6) is 0 Å². The van der Waals surface area contributed by atoms with Crippen molar-refractivity contribution in [3.8, 4) is 0 Å². The number of carbonyl (C=O) groups is 1. The molecule has 0 N–H and O–H groups in total. The second-order valence-electron chi connectivity index (χ2n) is 5.59. The third-order valence-electron chi connectivity index (χ3n) is 3.92. The van der Waals surface area contributed by atoms with Crippen LogP contribution in [0.1, 0.15) is 43.0 Å². The van der Waals surface area contributed by atoms with Crippen LogP contribution in [0, 0.1) is 0 Å². The van der Waals surface area contributed by atoms with E-state index in [-0.39, 0.29) is 5.91 Å². The van der Waals surface area contributed by atoms with Crippen molar-refractivity contribution in [2.45, 2.75) is 38.6 Å². The lowest BCUT2D eigenvalue weighted by Gasteiger charge is -2.23. The van der Waals surface area contributed by atoms with Gasteiger partial charge in [-0.3, -0.25) is 4.79 Å². The number of aromatic nitrogens is 1. The van der Waals surface area contributed by atoms with Crippen molar-refractivity contribution in [3.63, 3.8) is 0 Å². The van der Waals surface area contributed by atoms with Gasteiger partial charge in [0.05, 0.1) is 11.1 Å². The van der Waals surface area contributed by atoms with Crippen LogP contribution < -0.4 is 0 Å². The van der Waals surface area contributed by atoms with E-state index in [2.05, 4.69) is 11.9 Å². The fraction of sp³-hybridized carbons (Fsp3) is 0.412. The summed E-state index contributed by atoms with van der Waals surface area (Å²) in [7, 11) is 0. The summed E-state index contributed by atoms with van der Waals surface area (Å²) in [6, 6.07) is 9.79. The largest absolute Gasteiger partial charge is 0.336 e. The van der Waals surface area contributed by atoms with E-state index in [1.807, 2.05) is 29.2 Å². The molecule has 1 aliphatic carbocycles. The van der Waals surface area contributed by atoms with Crippen molar-refractivity contribution in [1.29, 1.82) is 0 Å². The van der Waals surface area contributed by atoms with Crippen LogP contribution in [0.2, 0.25) is 5.15 Å². The van der Waals surface area contributed by atoms with E-state index in [9.17, 15) is 4.79 Å². The highest BCUT2D eigenvalue weighted by Gasteiger charge is 2.33. The van der Waals surface area contributed by atoms with E-state index in [0.717, 1.165) is 43.1 Å². The first-order chi connectivity index (χ1) is 10.2. The van der Waals surface area contributed by atoms with Gasteiger partial charge in [0, 0.05) is 18.0 Å². The first kappa shape index (κ1) is 14.3. The Kier molecular flexibility index (Phi) is 4.11. The molecule has 1 amide bonds. The first-order valence-electron chi connectivity index (χ1n) is 7.57. The molecule has 0 atom stereocenters. The zero-order chi connectivity index (χ0) is 14.8. The minimum atomic E-state index is 0.0893. The summed E-state index contributed by atoms with van der Waals surface area (Å²) >= 11 is 6.09. The third kappa shape index (κ3) is 3.03. The molecule has 110 valence electrons. The van der Waals surface area contributed by atoms with Gasteiger partial charge in [0.2, 0.25) is 0 Å². The summed E-state index contributed by atoms with van der Waals surface area (Å²) in [5.74, 6) is 0.0893. The monoisotopic (exact) mass is 302 g/mol. The minimum absolute atomic E-state index is 0.0893. The SMILES string of the molecule is CCCCN(C(=O)c1cc(Cl)nc2ccccc12)C1CC1. The fourth-order valence-corrected chi connectivity index (χ4v) is 2.84. The number of pyridine rings is 1. The van der Waals surface area contributed by atoms with Gasteiger partial charge in [0.1, 0.15) is 5.15 Å². The number of unbranched alkanes of at least 4 members (excludes halogenated alkanes) is 1. The van der Waals surface area contributed by atoms with Gasteiger partial charge in [-0.1, -0.05) is 43.1 Å². The van der Waals surface area contributed by atoms with Gasteiger partial charge in [-0.2, -0.15) is 0 Å². The summed E-state index contributed by atoms with van der Waals surface area (Å²) in [6.07, 6.45) is 4.37. The molecule has 3 rings (SSSR count). The van der Waals surface area contributed by atoms with E-state index >= 15 is 0 Å². The molecule has 0 unspecified atom stereocenters. The Morgan fingerprint density at radius 2 is 2.14 bits per heavy atom. The molecule has 21 heavy (non-hydrogen) atoms. The first-order valence-corrected chi connectivity index (χ1v) is 7.94. The smallest absolute Gasteiger partial charge is 0.254 e. The molecule has 1 aromatic heterocycles. The summed E-state index contributed by atoms with van der Waals surface area (Å²) < 4.78 is 0. The summed E-state index contributed by atoms with van der Waals surface area (Å²) in [5, 5.41) is 1.26. The van der Waals surface area contributed by atoms with Crippen molar-refractivity contribution < 1.29 is 4.79 Å². The Labute approximate surface area is 129 Å². The Hall–Kier alpha value is -1.61. The maximum absolute atomic E-state index is 12.9. The van der Waals surface area contributed by atoms with E-state index in [4.69, 9.17) is 11.6 Å². The maximum atomic E-state index is 12.9. The number of rotatable bonds is 5. The molecular weight excluding hydrogens is 284 g/mol. The van der Waals surface area contributed by atoms with E-state index in [1.165, 1.54) is 0 Å². The van der Waals surface area contributed by atoms with Gasteiger partial charge in [0.15, 0.2) is 0 Å². The van der Waals surface area contributed by atoms with Crippen LogP contribution in [0.15, 0.2) is 30.3 Å². The second-order valence-corrected chi connectivity index (χ2v) is 5.98. The zero-order valence-corrected chi connectivity index (χ0v) is 12.9. The highest BCUT2D eigenvalue weighted by atomic mass is 35.5. The van der Waals surface area contributed by atoms with E-state index < -0.39 is 0 Å². The predicted molar refractivity (Wildman–Crippen MR) is 85.7 cm³/mol. The highest BCUT2D eigenvalue weighted by molar-refractivity contribution is 6.30. The van der Waals surface area contributed by atoms with Crippen molar-refractivity contribution in [3.05, 3.63) is 41.0 Å². The summed E-state index contributed by atoms with van der Waals surface area (Å²) in [4.78, 5) is 19.2. The predicted octanol–water partition coefficient (Wildman–Crippen LogP) is 4.29. The van der Waals surface area contributed by atoms with Crippen LogP contribution in [-0.2, 0) is 0 Å². The molecule has 0 aliphatic heterocycles. The van der Waals surface area contributed by atoms with Crippen molar-refractivity contribution in [1.82, 2.24) is 9.88 Å². The number of amides is 1. The lowest BCUT2D eigenvalue weighted by molar-refractivity contribution is 0.0742. The molecule has 0 saturated heterocycles. The van der Waals surface area contributed by atoms with Crippen LogP contribution >= 0.6 is 11.6 Å². The van der Waals surface area contributed by atoms with Crippen LogP contribution in [0.4, 0.5) is 0 Å². The van der Waals surface area contributed by atoms with Gasteiger partial charge in [-0.15, -0.1) is 0 Å². The Morgan fingerprint density at radius 3 is 2.86 bits per heavy atom. The minimum Gasteiger partial charge on any atom is -0.336 e. The van der Waals surface area contributed by atoms with Crippen molar-refractivity contribution >= 4 is 28.4 Å². The van der Waals surface area contributed by atoms with Crippen LogP contribution in [0.25, 0.3) is 10.9 Å². The molecule has 3 nitrogen and oxygen atoms in total. The molecule has 4 heteroatoms. The average Bonchev–Trinajstić information content (AvgIpc) is 3.31. The Bertz CT molecular complexity index is 667. The van der Waals surface area contributed by atoms with E-state index in [1.54, 1.807) is 6.07 Å². The van der Waals surface area contributed by atoms with Crippen molar-refractivity contribution in [2.75, 3.05) is 6.54 Å². The summed E-state index contributed by atoms with van der Waals surface area (Å²) in [6.45, 7) is 2.97. The molecule has 1 heterocycles. The molecule has 1 aliphatic rings. The quantitative estimate of drug-likeness (QED) is 0.772. The number of para-hydroxylation sites is 1. The maximum Gasteiger partial charge on any atom is 0.254 e. The second kappa shape index (κ2) is 6.02. The molecule has 1 fully saturated rings. The molecule has 1 aromatic carbocycles. The highest BCUT2D eigenvalue weighted by Crippen LogP contribution is 2.30. The lowest BCUT2D eigenvalue weighted by atomic mass is 10.1. The number of halogens is 1. The average molecular weight is 303 g/mol. The standard InChI is InChI=1S/C17H19ClN2O/c1-2-3-10-20(12-8-9-12)17(21)14-11-16(18)19-15-7-5-4-6-13(14)15/h4-7,11-12H,2-3,8-10H2,1H3. The summed E-state index contributed by atoms with van der Waals surface area (Å²) in [5.41, 5.74) is 1.45. The number of hydrogen-bond donors (Lipinski definition) is 0. The van der Waals surface area contributed by atoms with Gasteiger partial charge in [-0.25, -0.2) is 4.98 Å². The van der Waals surface area contributed by atoms with E-state index in [0.29, 0.717) is 16.8 Å².